The lowest BCUT2D eigenvalue weighted by Crippen LogP contribution is -2.52. The Balaban J connectivity index is 1.51. The summed E-state index contributed by atoms with van der Waals surface area (Å²) in [6.07, 6.45) is 1.13. The molecule has 0 radical (unpaired) electrons. The molecule has 0 saturated carbocycles. The molecule has 0 unspecified atom stereocenters. The van der Waals surface area contributed by atoms with Crippen LogP contribution in [0.3, 0.4) is 0 Å². The van der Waals surface area contributed by atoms with Crippen LogP contribution in [0, 0.1) is 10.1 Å². The number of nitrogens with two attached hydrogens (primary N) is 1. The zero-order chi connectivity index (χ0) is 27.3. The first-order valence-electron chi connectivity index (χ1n) is 12.1. The molecule has 0 aliphatic carbocycles. The second-order valence-electron chi connectivity index (χ2n) is 9.17. The molecule has 11 heteroatoms. The zero-order valence-electron chi connectivity index (χ0n) is 20.6. The molecule has 0 bridgehead atoms. The van der Waals surface area contributed by atoms with Gasteiger partial charge in [-0.05, 0) is 47.2 Å². The minimum atomic E-state index is -3.88. The standard InChI is InChI=1S/C27H28N4O6S/c28-38(36,37)24-8-4-7-20(15-24)9-12-26(32)30-18-22-16-23(31(34)35)11-10-21(22)17-25(30)27(33)29-14-13-19-5-2-1-3-6-19/h1-8,10-11,15-16,25H,9,12-14,17-18H2,(H,29,33)(H2,28,36,37)/t25-/m0/s1. The summed E-state index contributed by atoms with van der Waals surface area (Å²) in [5.41, 5.74) is 3.01. The van der Waals surface area contributed by atoms with Crippen LogP contribution in [0.4, 0.5) is 5.69 Å². The Morgan fingerprint density at radius 3 is 2.42 bits per heavy atom. The lowest BCUT2D eigenvalue weighted by atomic mass is 9.92. The number of hydrogen-bond acceptors (Lipinski definition) is 6. The van der Waals surface area contributed by atoms with E-state index < -0.39 is 21.0 Å². The molecule has 1 aliphatic heterocycles. The number of carbonyl (C=O) groups excluding carboxylic acids is 2. The van der Waals surface area contributed by atoms with Crippen LogP contribution in [0.25, 0.3) is 0 Å². The molecule has 10 nitrogen and oxygen atoms in total. The second-order valence-corrected chi connectivity index (χ2v) is 10.7. The van der Waals surface area contributed by atoms with Crippen LogP contribution in [-0.2, 0) is 45.4 Å². The number of nitro groups is 1. The molecule has 0 fully saturated rings. The van der Waals surface area contributed by atoms with E-state index in [1.54, 1.807) is 18.2 Å². The van der Waals surface area contributed by atoms with Crippen LogP contribution >= 0.6 is 0 Å². The van der Waals surface area contributed by atoms with Crippen LogP contribution in [0.2, 0.25) is 0 Å². The number of non-ortho nitro benzene ring substituents is 1. The van der Waals surface area contributed by atoms with Gasteiger partial charge < -0.3 is 10.2 Å². The third-order valence-corrected chi connectivity index (χ3v) is 7.48. The summed E-state index contributed by atoms with van der Waals surface area (Å²) in [6.45, 7) is 0.457. The van der Waals surface area contributed by atoms with E-state index in [9.17, 15) is 28.1 Å². The van der Waals surface area contributed by atoms with Gasteiger partial charge in [-0.25, -0.2) is 13.6 Å². The minimum Gasteiger partial charge on any atom is -0.354 e. The molecule has 1 aliphatic rings. The fourth-order valence-corrected chi connectivity index (χ4v) is 5.13. The van der Waals surface area contributed by atoms with Gasteiger partial charge in [-0.1, -0.05) is 48.5 Å². The van der Waals surface area contributed by atoms with E-state index in [0.717, 1.165) is 11.1 Å². The summed E-state index contributed by atoms with van der Waals surface area (Å²) in [4.78, 5) is 38.8. The van der Waals surface area contributed by atoms with Crippen molar-refractivity contribution in [3.05, 3.63) is 105 Å². The average molecular weight is 537 g/mol. The predicted molar refractivity (Wildman–Crippen MR) is 140 cm³/mol. The first-order chi connectivity index (χ1) is 18.1. The van der Waals surface area contributed by atoms with E-state index in [1.807, 2.05) is 30.3 Å². The smallest absolute Gasteiger partial charge is 0.269 e. The number of primary sulfonamides is 1. The van der Waals surface area contributed by atoms with Crippen LogP contribution in [0.5, 0.6) is 0 Å². The summed E-state index contributed by atoms with van der Waals surface area (Å²) in [6, 6.07) is 19.5. The van der Waals surface area contributed by atoms with Crippen molar-refractivity contribution in [3.8, 4) is 0 Å². The number of sulfonamides is 1. The molecule has 0 aromatic heterocycles. The van der Waals surface area contributed by atoms with Crippen LogP contribution in [0.15, 0.2) is 77.7 Å². The number of nitrogens with zero attached hydrogens (tertiary/aromatic N) is 2. The van der Waals surface area contributed by atoms with Gasteiger partial charge in [0.05, 0.1) is 9.82 Å². The van der Waals surface area contributed by atoms with Gasteiger partial charge >= 0.3 is 0 Å². The van der Waals surface area contributed by atoms with Crippen molar-refractivity contribution < 1.29 is 22.9 Å². The van der Waals surface area contributed by atoms with Gasteiger partial charge in [-0.15, -0.1) is 0 Å². The van der Waals surface area contributed by atoms with Crippen LogP contribution in [-0.4, -0.2) is 42.6 Å². The van der Waals surface area contributed by atoms with E-state index in [4.69, 9.17) is 5.14 Å². The number of benzene rings is 3. The van der Waals surface area contributed by atoms with Gasteiger partial charge in [0.1, 0.15) is 6.04 Å². The highest BCUT2D eigenvalue weighted by Gasteiger charge is 2.35. The van der Waals surface area contributed by atoms with E-state index in [1.165, 1.54) is 29.2 Å². The predicted octanol–water partition coefficient (Wildman–Crippen LogP) is 2.49. The van der Waals surface area contributed by atoms with Gasteiger partial charge in [0.15, 0.2) is 0 Å². The van der Waals surface area contributed by atoms with Gasteiger partial charge in [-0.3, -0.25) is 19.7 Å². The van der Waals surface area contributed by atoms with Gasteiger partial charge in [0.2, 0.25) is 21.8 Å². The summed E-state index contributed by atoms with van der Waals surface area (Å²) in [5.74, 6) is -0.610. The molecule has 3 aromatic carbocycles. The summed E-state index contributed by atoms with van der Waals surface area (Å²) < 4.78 is 23.3. The van der Waals surface area contributed by atoms with Gasteiger partial charge in [0, 0.05) is 38.1 Å². The van der Waals surface area contributed by atoms with E-state index >= 15 is 0 Å². The monoisotopic (exact) mass is 536 g/mol. The fraction of sp³-hybridized carbons (Fsp3) is 0.259. The van der Waals surface area contributed by atoms with E-state index in [0.29, 0.717) is 24.1 Å². The molecule has 3 aromatic rings. The molecule has 1 heterocycles. The maximum Gasteiger partial charge on any atom is 0.269 e. The van der Waals surface area contributed by atoms with E-state index in [2.05, 4.69) is 5.32 Å². The summed E-state index contributed by atoms with van der Waals surface area (Å²) in [5, 5.41) is 19.4. The van der Waals surface area contributed by atoms with Crippen molar-refractivity contribution in [2.75, 3.05) is 6.54 Å². The average Bonchev–Trinajstić information content (AvgIpc) is 2.90. The topological polar surface area (TPSA) is 153 Å². The maximum absolute atomic E-state index is 13.4. The number of hydrogen-bond donors (Lipinski definition) is 2. The fourth-order valence-electron chi connectivity index (χ4n) is 4.55. The summed E-state index contributed by atoms with van der Waals surface area (Å²) >= 11 is 0. The van der Waals surface area contributed by atoms with Gasteiger partial charge in [-0.2, -0.15) is 0 Å². The SMILES string of the molecule is NS(=O)(=O)c1cccc(CCC(=O)N2Cc3cc([N+](=O)[O-])ccc3C[C@H]2C(=O)NCCc2ccccc2)c1. The molecule has 0 saturated heterocycles. The normalized spacial score (nSPS) is 15.0. The Hall–Kier alpha value is -4.09. The molecule has 4 rings (SSSR count). The Morgan fingerprint density at radius 2 is 1.71 bits per heavy atom. The van der Waals surface area contributed by atoms with Crippen LogP contribution in [0.1, 0.15) is 28.7 Å². The van der Waals surface area contributed by atoms with Crippen LogP contribution < -0.4 is 10.5 Å². The lowest BCUT2D eigenvalue weighted by Gasteiger charge is -2.36. The summed E-state index contributed by atoms with van der Waals surface area (Å²) in [7, 11) is -3.88. The van der Waals surface area contributed by atoms with Crippen molar-refractivity contribution in [2.24, 2.45) is 5.14 Å². The Labute approximate surface area is 220 Å². The first kappa shape index (κ1) is 27.0. The van der Waals surface area contributed by atoms with Crippen molar-refractivity contribution in [3.63, 3.8) is 0 Å². The molecule has 3 N–H and O–H groups in total. The highest BCUT2D eigenvalue weighted by molar-refractivity contribution is 7.89. The number of nitro benzene ring substituents is 1. The zero-order valence-corrected chi connectivity index (χ0v) is 21.4. The number of rotatable bonds is 9. The highest BCUT2D eigenvalue weighted by Crippen LogP contribution is 2.28. The first-order valence-corrected chi connectivity index (χ1v) is 13.7. The second kappa shape index (κ2) is 11.5. The third-order valence-electron chi connectivity index (χ3n) is 6.56. The molecular weight excluding hydrogens is 508 g/mol. The quantitative estimate of drug-likeness (QED) is 0.317. The molecule has 198 valence electrons. The number of carbonyl (C=O) groups is 2. The maximum atomic E-state index is 13.4. The Morgan fingerprint density at radius 1 is 0.974 bits per heavy atom. The lowest BCUT2D eigenvalue weighted by molar-refractivity contribution is -0.385. The molecule has 1 atom stereocenters. The molecule has 2 amide bonds. The van der Waals surface area contributed by atoms with Crippen molar-refractivity contribution in [1.82, 2.24) is 10.2 Å². The van der Waals surface area contributed by atoms with Crippen molar-refractivity contribution in [2.45, 2.75) is 43.2 Å². The third kappa shape index (κ3) is 6.61. The number of fused-ring (bicyclic) bond motifs is 1. The van der Waals surface area contributed by atoms with Crippen molar-refractivity contribution >= 4 is 27.5 Å². The van der Waals surface area contributed by atoms with Crippen molar-refractivity contribution in [1.29, 1.82) is 0 Å². The largest absolute Gasteiger partial charge is 0.354 e. The number of aryl methyl sites for hydroxylation is 1. The molecular formula is C27H28N4O6S. The Kier molecular flexibility index (Phi) is 8.18. The minimum absolute atomic E-state index is 0.0200. The molecule has 38 heavy (non-hydrogen) atoms. The Bertz CT molecular complexity index is 1460. The number of nitrogens with one attached hydrogen (secondary N) is 1. The van der Waals surface area contributed by atoms with E-state index in [-0.39, 0.29) is 48.2 Å². The van der Waals surface area contributed by atoms with Gasteiger partial charge in [0.25, 0.3) is 5.69 Å². The molecule has 0 spiro atoms. The number of amides is 2. The highest BCUT2D eigenvalue weighted by atomic mass is 32.2.